The van der Waals surface area contributed by atoms with Crippen LogP contribution in [0.1, 0.15) is 109 Å². The van der Waals surface area contributed by atoms with Gasteiger partial charge in [0.05, 0.1) is 15.8 Å². The van der Waals surface area contributed by atoms with Gasteiger partial charge in [-0.3, -0.25) is 10.1 Å². The first kappa shape index (κ1) is 86.9. The number of nitro benzene ring substituents is 1. The third-order valence-electron chi connectivity index (χ3n) is 11.5. The number of benzene rings is 2. The normalized spacial score (nSPS) is 11.9. The van der Waals surface area contributed by atoms with Crippen LogP contribution in [-0.2, 0) is 53.1 Å². The van der Waals surface area contributed by atoms with Crippen LogP contribution in [0.25, 0.3) is 0 Å². The lowest BCUT2D eigenvalue weighted by Crippen LogP contribution is -2.56. The number of nitrogens with zero attached hydrogens (tertiary/aromatic N) is 5. The number of hydrogen-bond donors (Lipinski definition) is 2. The zero-order valence-electron chi connectivity index (χ0n) is 56.1. The molecule has 31 heteroatoms. The standard InChI is InChI=1S/C28H55N3O8SSi3.C18H43NO6Si2.C7H5N3OS.C3H9ClSi/c1-10-34-42(35-11-2,36-12-3)24-16-22-29(23-17-25-43(37-13-4,38-14-5)39-15-6)28(40)30(41(7,8)9)26-18-20-27(21-19-26)31(32)33;1-7-20-26(21-8-2,22-9-3)17-13-15-19-16-14-18-27(23-10-4,24-11-5)25-12-6;8-10-11-7-3-1-6(2-4-7)9-5-12;1-5(2,3)4/h18-21H,10-17,22-25H2,1-9H3;19H,7-18H2,1-6H3;1-4,8H;1-3H3. The molecule has 0 bridgehead atoms. The van der Waals surface area contributed by atoms with Crippen molar-refractivity contribution >= 4 is 114 Å². The molecule has 504 valence electrons. The van der Waals surface area contributed by atoms with E-state index in [-0.39, 0.29) is 10.6 Å². The quantitative estimate of drug-likeness (QED) is 0.00917. The first-order valence-electron chi connectivity index (χ1n) is 30.9. The highest BCUT2D eigenvalue weighted by atomic mass is 35.6. The molecule has 2 aromatic rings. The molecule has 0 aliphatic heterocycles. The number of rotatable bonds is 46. The summed E-state index contributed by atoms with van der Waals surface area (Å²) in [5, 5.41) is 20.5. The topological polar surface area (TPSA) is 230 Å². The minimum Gasteiger partial charge on any atom is -0.374 e. The maximum Gasteiger partial charge on any atom is 0.500 e. The molecule has 87 heavy (non-hydrogen) atoms. The van der Waals surface area contributed by atoms with Gasteiger partial charge in [0.2, 0.25) is 0 Å². The van der Waals surface area contributed by atoms with E-state index in [0.717, 1.165) is 56.5 Å². The van der Waals surface area contributed by atoms with E-state index >= 15 is 0 Å². The highest BCUT2D eigenvalue weighted by molar-refractivity contribution is 7.80. The predicted octanol–water partition coefficient (Wildman–Crippen LogP) is 15.0. The van der Waals surface area contributed by atoms with Crippen molar-refractivity contribution in [1.29, 1.82) is 5.53 Å². The number of thiocarbonyl (C=S) groups is 2. The Bertz CT molecular complexity index is 2000. The summed E-state index contributed by atoms with van der Waals surface area (Å²) >= 11 is 16.3. The number of non-ortho nitro benzene ring substituents is 1. The summed E-state index contributed by atoms with van der Waals surface area (Å²) in [6.45, 7) is 46.7. The largest absolute Gasteiger partial charge is 0.500 e. The minimum absolute atomic E-state index is 0.0511. The molecular formula is C56H112ClN7O15S2Si6. The third-order valence-corrected chi connectivity index (χ3v) is 26.6. The Morgan fingerprint density at radius 1 is 0.552 bits per heavy atom. The Balaban J connectivity index is 0. The fraction of sp³-hybridized carbons (Fsp3) is 0.750. The first-order valence-corrected chi connectivity index (χ1v) is 47.4. The molecule has 0 saturated carbocycles. The van der Waals surface area contributed by atoms with Gasteiger partial charge in [0.15, 0.2) is 19.1 Å². The molecule has 0 heterocycles. The van der Waals surface area contributed by atoms with E-state index in [1.54, 1.807) is 36.4 Å². The molecule has 0 saturated heterocycles. The summed E-state index contributed by atoms with van der Waals surface area (Å²) in [6, 6.07) is 16.3. The maximum atomic E-state index is 11.3. The van der Waals surface area contributed by atoms with Crippen LogP contribution >= 0.6 is 35.5 Å². The minimum atomic E-state index is -2.83. The number of anilines is 1. The van der Waals surface area contributed by atoms with Crippen LogP contribution in [0.5, 0.6) is 5.75 Å². The van der Waals surface area contributed by atoms with Crippen molar-refractivity contribution in [2.45, 2.75) is 172 Å². The molecule has 0 spiro atoms. The lowest BCUT2D eigenvalue weighted by Gasteiger charge is -2.41. The van der Waals surface area contributed by atoms with Gasteiger partial charge in [0.25, 0.3) is 5.69 Å². The Hall–Kier alpha value is -2.20. The molecule has 22 nitrogen and oxygen atoms in total. The van der Waals surface area contributed by atoms with Gasteiger partial charge < -0.3 is 72.7 Å². The van der Waals surface area contributed by atoms with Crippen LogP contribution in [0.2, 0.25) is 63.5 Å². The van der Waals surface area contributed by atoms with E-state index in [0.29, 0.717) is 121 Å². The van der Waals surface area contributed by atoms with Crippen LogP contribution in [-0.4, -0.2) is 176 Å². The lowest BCUT2D eigenvalue weighted by atomic mass is 10.3. The van der Waals surface area contributed by atoms with Gasteiger partial charge in [0, 0.05) is 140 Å². The summed E-state index contributed by atoms with van der Waals surface area (Å²) in [4.78, 5) is 21.4. The molecule has 0 amide bonds. The molecular weight excluding hydrogens is 1280 g/mol. The van der Waals surface area contributed by atoms with E-state index in [2.05, 4.69) is 86.6 Å². The predicted molar refractivity (Wildman–Crippen MR) is 372 cm³/mol. The van der Waals surface area contributed by atoms with Crippen LogP contribution < -0.4 is 14.7 Å². The van der Waals surface area contributed by atoms with Crippen molar-refractivity contribution in [3.8, 4) is 5.75 Å². The molecule has 2 N–H and O–H groups in total. The molecule has 0 atom stereocenters. The molecule has 0 radical (unpaired) electrons. The second kappa shape index (κ2) is 50.4. The van der Waals surface area contributed by atoms with Gasteiger partial charge in [-0.15, -0.1) is 0 Å². The Morgan fingerprint density at radius 2 is 0.851 bits per heavy atom. The monoisotopic (exact) mass is 1390 g/mol. The fourth-order valence-corrected chi connectivity index (χ4v) is 21.9. The molecule has 0 unspecified atom stereocenters. The maximum absolute atomic E-state index is 11.3. The van der Waals surface area contributed by atoms with E-state index in [4.69, 9.17) is 81.9 Å². The third kappa shape index (κ3) is 39.1. The van der Waals surface area contributed by atoms with Crippen molar-refractivity contribution in [3.05, 3.63) is 58.6 Å². The summed E-state index contributed by atoms with van der Waals surface area (Å²) < 4.78 is 74.1. The summed E-state index contributed by atoms with van der Waals surface area (Å²) in [5.41, 5.74) is 8.02. The zero-order chi connectivity index (χ0) is 66.3. The van der Waals surface area contributed by atoms with Crippen molar-refractivity contribution in [2.75, 3.05) is 110 Å². The summed E-state index contributed by atoms with van der Waals surface area (Å²) in [7, 11) is -13.9. The Labute approximate surface area is 545 Å². The molecule has 0 aliphatic carbocycles. The molecule has 0 aromatic heterocycles. The number of halogens is 1. The van der Waals surface area contributed by atoms with E-state index < -0.39 is 50.8 Å². The summed E-state index contributed by atoms with van der Waals surface area (Å²) in [6.07, 6.45) is 3.46. The molecule has 0 fully saturated rings. The van der Waals surface area contributed by atoms with Gasteiger partial charge in [-0.05, 0) is 183 Å². The van der Waals surface area contributed by atoms with Crippen LogP contribution in [0, 0.1) is 15.6 Å². The van der Waals surface area contributed by atoms with Crippen LogP contribution in [0.3, 0.4) is 0 Å². The van der Waals surface area contributed by atoms with Gasteiger partial charge >= 0.3 is 35.2 Å². The molecule has 2 aromatic carbocycles. The van der Waals surface area contributed by atoms with Crippen molar-refractivity contribution < 1.29 is 62.9 Å². The number of aliphatic imine (C=N–C) groups is 1. The fourth-order valence-electron chi connectivity index (χ4n) is 8.60. The zero-order valence-corrected chi connectivity index (χ0v) is 64.5. The highest BCUT2D eigenvalue weighted by Crippen LogP contribution is 2.29. The van der Waals surface area contributed by atoms with Crippen molar-refractivity contribution in [3.63, 3.8) is 0 Å². The second-order valence-electron chi connectivity index (χ2n) is 20.6. The number of nitro groups is 1. The average molecular weight is 1390 g/mol. The second-order valence-corrected chi connectivity index (χ2v) is 44.4. The van der Waals surface area contributed by atoms with Gasteiger partial charge in [0.1, 0.15) is 7.38 Å². The Kier molecular flexibility index (Phi) is 50.3. The van der Waals surface area contributed by atoms with Gasteiger partial charge in [-0.25, -0.2) is 0 Å². The number of hydrogen-bond acceptors (Lipinski definition) is 21. The number of nitrogens with one attached hydrogen (secondary N) is 2. The smallest absolute Gasteiger partial charge is 0.374 e. The van der Waals surface area contributed by atoms with Gasteiger partial charge in [-0.1, -0.05) is 39.3 Å². The van der Waals surface area contributed by atoms with Crippen LogP contribution in [0.4, 0.5) is 17.1 Å². The van der Waals surface area contributed by atoms with Crippen LogP contribution in [0.15, 0.2) is 58.8 Å². The Morgan fingerprint density at radius 3 is 1.10 bits per heavy atom. The van der Waals surface area contributed by atoms with Gasteiger partial charge in [-0.2, -0.15) is 21.6 Å². The summed E-state index contributed by atoms with van der Waals surface area (Å²) in [5.74, 6) is 0.494. The lowest BCUT2D eigenvalue weighted by molar-refractivity contribution is -0.384. The van der Waals surface area contributed by atoms with E-state index in [1.807, 2.05) is 83.1 Å². The van der Waals surface area contributed by atoms with E-state index in [1.165, 1.54) is 12.1 Å². The van der Waals surface area contributed by atoms with E-state index in [9.17, 15) is 10.1 Å². The SMILES string of the molecule is CCO[Si](CCCN(CCC[Si](OCC)(OCC)OCC)C(=S)N(c1ccc([N+](=O)[O-])cc1)[Si](C)(C)C)(OCC)OCC.CCO[Si](CCCNCCC[Si](OCC)(OCC)OCC)(OCC)OCC.C[Si](C)(C)Cl.N=NOc1ccc(N=C=S)cc1. The number of isothiocyanates is 1. The average Bonchev–Trinajstić information content (AvgIpc) is 1.99. The first-order chi connectivity index (χ1) is 41.3. The van der Waals surface area contributed by atoms with Crippen molar-refractivity contribution in [2.24, 2.45) is 10.3 Å². The van der Waals surface area contributed by atoms with Crippen molar-refractivity contribution in [1.82, 2.24) is 10.2 Å². The molecule has 0 aliphatic rings. The highest BCUT2D eigenvalue weighted by Gasteiger charge is 2.43. The molecule has 2 rings (SSSR count).